The van der Waals surface area contributed by atoms with Gasteiger partial charge < -0.3 is 14.2 Å². The number of methoxy groups -OCH3 is 3. The van der Waals surface area contributed by atoms with Crippen molar-refractivity contribution in [2.45, 2.75) is 18.3 Å². The number of ether oxygens (including phenoxy) is 3. The average Bonchev–Trinajstić information content (AvgIpc) is 3.31. The zero-order valence-corrected chi connectivity index (χ0v) is 16.4. The number of benzene rings is 2. The second-order valence-corrected chi connectivity index (χ2v) is 7.78. The molecule has 0 spiro atoms. The summed E-state index contributed by atoms with van der Waals surface area (Å²) in [5.41, 5.74) is 2.31. The first-order chi connectivity index (χ1) is 14.0. The zero-order valence-electron chi connectivity index (χ0n) is 16.4. The van der Waals surface area contributed by atoms with E-state index in [-0.39, 0.29) is 35.2 Å². The Bertz CT molecular complexity index is 1130. The standard InChI is InChI=1S/C23H20O6/c1-27-21-11-5-4-10(23(26)29-3)8-12(11)22(28-2)20-14-9-13(19(20)21)17-15(24)6-7-16(25)18(14)17/h4-8,13-14,17-18H,9H2,1-3H3. The van der Waals surface area contributed by atoms with Gasteiger partial charge in [-0.1, -0.05) is 0 Å². The van der Waals surface area contributed by atoms with Gasteiger partial charge in [0.25, 0.3) is 0 Å². The molecule has 0 aromatic heterocycles. The predicted molar refractivity (Wildman–Crippen MR) is 105 cm³/mol. The fraction of sp³-hybridized carbons (Fsp3) is 0.348. The van der Waals surface area contributed by atoms with Crippen molar-refractivity contribution in [2.24, 2.45) is 11.8 Å². The van der Waals surface area contributed by atoms with Crippen LogP contribution in [0.3, 0.4) is 0 Å². The molecule has 3 aliphatic carbocycles. The van der Waals surface area contributed by atoms with Crippen LogP contribution in [-0.2, 0) is 14.3 Å². The molecule has 2 aromatic carbocycles. The first-order valence-corrected chi connectivity index (χ1v) is 9.57. The Morgan fingerprint density at radius 3 is 1.93 bits per heavy atom. The van der Waals surface area contributed by atoms with Crippen LogP contribution in [0.2, 0.25) is 0 Å². The summed E-state index contributed by atoms with van der Waals surface area (Å²) in [4.78, 5) is 37.3. The predicted octanol–water partition coefficient (Wildman–Crippen LogP) is 3.17. The third kappa shape index (κ3) is 2.20. The Hall–Kier alpha value is -3.15. The van der Waals surface area contributed by atoms with Crippen molar-refractivity contribution in [1.29, 1.82) is 0 Å². The van der Waals surface area contributed by atoms with Crippen molar-refractivity contribution in [2.75, 3.05) is 21.3 Å². The SMILES string of the molecule is COC(=O)c1ccc2c(OC)c3c(c(OC)c2c1)C1CC3C2C(=O)C=CC(=O)C12. The van der Waals surface area contributed by atoms with Crippen molar-refractivity contribution in [3.63, 3.8) is 0 Å². The molecule has 6 heteroatoms. The maximum atomic E-state index is 12.6. The maximum Gasteiger partial charge on any atom is 0.337 e. The van der Waals surface area contributed by atoms with Crippen molar-refractivity contribution in [3.05, 3.63) is 47.0 Å². The number of carbonyl (C=O) groups excluding carboxylic acids is 3. The van der Waals surface area contributed by atoms with E-state index in [1.54, 1.807) is 26.4 Å². The van der Waals surface area contributed by atoms with E-state index >= 15 is 0 Å². The number of esters is 1. The molecule has 1 fully saturated rings. The molecule has 29 heavy (non-hydrogen) atoms. The van der Waals surface area contributed by atoms with Crippen LogP contribution in [0.25, 0.3) is 10.8 Å². The fourth-order valence-corrected chi connectivity index (χ4v) is 5.68. The normalized spacial score (nSPS) is 26.4. The summed E-state index contributed by atoms with van der Waals surface area (Å²) in [6.07, 6.45) is 3.54. The number of ketones is 2. The number of allylic oxidation sites excluding steroid dienone is 2. The fourth-order valence-electron chi connectivity index (χ4n) is 5.68. The molecule has 0 saturated heterocycles. The molecule has 0 heterocycles. The summed E-state index contributed by atoms with van der Waals surface area (Å²) in [5, 5.41) is 1.55. The first-order valence-electron chi connectivity index (χ1n) is 9.57. The molecular weight excluding hydrogens is 372 g/mol. The quantitative estimate of drug-likeness (QED) is 0.747. The van der Waals surface area contributed by atoms with Crippen molar-refractivity contribution >= 4 is 28.3 Å². The highest BCUT2D eigenvalue weighted by atomic mass is 16.5. The van der Waals surface area contributed by atoms with Crippen LogP contribution in [0.1, 0.15) is 39.7 Å². The number of hydrogen-bond donors (Lipinski definition) is 0. The summed E-state index contributed by atoms with van der Waals surface area (Å²) < 4.78 is 16.5. The van der Waals surface area contributed by atoms with E-state index < -0.39 is 5.97 Å². The van der Waals surface area contributed by atoms with Gasteiger partial charge in [0.1, 0.15) is 11.5 Å². The van der Waals surface area contributed by atoms with E-state index in [0.29, 0.717) is 17.1 Å². The van der Waals surface area contributed by atoms with Gasteiger partial charge in [-0.3, -0.25) is 9.59 Å². The van der Waals surface area contributed by atoms with Crippen LogP contribution in [-0.4, -0.2) is 38.9 Å². The van der Waals surface area contributed by atoms with Gasteiger partial charge in [0.15, 0.2) is 11.6 Å². The average molecular weight is 392 g/mol. The van der Waals surface area contributed by atoms with Gasteiger partial charge >= 0.3 is 5.97 Å². The Morgan fingerprint density at radius 1 is 0.862 bits per heavy atom. The first kappa shape index (κ1) is 17.9. The molecule has 0 aliphatic heterocycles. The third-order valence-electron chi connectivity index (χ3n) is 6.69. The van der Waals surface area contributed by atoms with Crippen molar-refractivity contribution in [1.82, 2.24) is 0 Å². The van der Waals surface area contributed by atoms with E-state index in [0.717, 1.165) is 28.3 Å². The van der Waals surface area contributed by atoms with E-state index in [4.69, 9.17) is 14.2 Å². The summed E-state index contributed by atoms with van der Waals surface area (Å²) >= 11 is 0. The van der Waals surface area contributed by atoms with Gasteiger partial charge in [0.2, 0.25) is 0 Å². The lowest BCUT2D eigenvalue weighted by molar-refractivity contribution is -0.128. The van der Waals surface area contributed by atoms with E-state index in [9.17, 15) is 14.4 Å². The highest BCUT2D eigenvalue weighted by Crippen LogP contribution is 2.66. The van der Waals surface area contributed by atoms with Gasteiger partial charge in [0.05, 0.1) is 26.9 Å². The van der Waals surface area contributed by atoms with Crippen molar-refractivity contribution < 1.29 is 28.6 Å². The number of fused-ring (bicyclic) bond motifs is 9. The summed E-state index contributed by atoms with van der Waals surface area (Å²) in [6, 6.07) is 5.25. The van der Waals surface area contributed by atoms with Crippen LogP contribution in [0, 0.1) is 11.8 Å². The van der Waals surface area contributed by atoms with Gasteiger partial charge in [-0.2, -0.15) is 0 Å². The maximum absolute atomic E-state index is 12.6. The zero-order chi connectivity index (χ0) is 20.4. The van der Waals surface area contributed by atoms with Crippen LogP contribution < -0.4 is 9.47 Å². The lowest BCUT2D eigenvalue weighted by Gasteiger charge is -2.34. The molecule has 0 radical (unpaired) electrons. The molecule has 5 rings (SSSR count). The molecule has 2 bridgehead atoms. The Morgan fingerprint density at radius 2 is 1.41 bits per heavy atom. The number of carbonyl (C=O) groups is 3. The van der Waals surface area contributed by atoms with Crippen LogP contribution in [0.5, 0.6) is 11.5 Å². The van der Waals surface area contributed by atoms with E-state index in [2.05, 4.69) is 0 Å². The van der Waals surface area contributed by atoms with Crippen LogP contribution in [0.4, 0.5) is 0 Å². The van der Waals surface area contributed by atoms with E-state index in [1.807, 2.05) is 6.07 Å². The molecular formula is C23H20O6. The summed E-state index contributed by atoms with van der Waals surface area (Å²) in [6.45, 7) is 0. The highest BCUT2D eigenvalue weighted by Gasteiger charge is 2.58. The minimum atomic E-state index is -0.437. The molecule has 2 aromatic rings. The summed E-state index contributed by atoms with van der Waals surface area (Å²) in [5.74, 6) is 0.0298. The minimum absolute atomic E-state index is 0.00261. The number of hydrogen-bond acceptors (Lipinski definition) is 6. The lowest BCUT2D eigenvalue weighted by Crippen LogP contribution is -2.36. The number of rotatable bonds is 3. The molecule has 1 saturated carbocycles. The molecule has 148 valence electrons. The molecule has 3 aliphatic rings. The van der Waals surface area contributed by atoms with Gasteiger partial charge in [-0.05, 0) is 48.6 Å². The monoisotopic (exact) mass is 392 g/mol. The second kappa shape index (κ2) is 6.17. The topological polar surface area (TPSA) is 78.9 Å². The second-order valence-electron chi connectivity index (χ2n) is 7.78. The highest BCUT2D eigenvalue weighted by molar-refractivity contribution is 6.10. The largest absolute Gasteiger partial charge is 0.496 e. The Balaban J connectivity index is 1.82. The third-order valence-corrected chi connectivity index (χ3v) is 6.69. The minimum Gasteiger partial charge on any atom is -0.496 e. The lowest BCUT2D eigenvalue weighted by atomic mass is 9.69. The van der Waals surface area contributed by atoms with Gasteiger partial charge in [-0.15, -0.1) is 0 Å². The summed E-state index contributed by atoms with van der Waals surface area (Å²) in [7, 11) is 4.53. The van der Waals surface area contributed by atoms with Crippen LogP contribution in [0.15, 0.2) is 30.4 Å². The molecule has 6 nitrogen and oxygen atoms in total. The molecule has 0 amide bonds. The molecule has 0 N–H and O–H groups in total. The van der Waals surface area contributed by atoms with Gasteiger partial charge in [-0.25, -0.2) is 4.79 Å². The smallest absolute Gasteiger partial charge is 0.337 e. The molecule has 4 unspecified atom stereocenters. The van der Waals surface area contributed by atoms with Crippen LogP contribution >= 0.6 is 0 Å². The van der Waals surface area contributed by atoms with Gasteiger partial charge in [0, 0.05) is 33.7 Å². The Kier molecular flexibility index (Phi) is 3.81. The van der Waals surface area contributed by atoms with E-state index in [1.165, 1.54) is 19.3 Å². The molecule has 4 atom stereocenters. The Labute approximate surface area is 167 Å². The van der Waals surface area contributed by atoms with Crippen molar-refractivity contribution in [3.8, 4) is 11.5 Å².